The zero-order valence-corrected chi connectivity index (χ0v) is 27.5. The Balaban J connectivity index is 1.83. The van der Waals surface area contributed by atoms with E-state index in [4.69, 9.17) is 0 Å². The number of halogens is 4. The van der Waals surface area contributed by atoms with E-state index >= 15 is 13.2 Å². The van der Waals surface area contributed by atoms with Crippen molar-refractivity contribution in [3.05, 3.63) is 53.5 Å². The quantitative estimate of drug-likeness (QED) is 0.267. The number of benzene rings is 1. The maximum Gasteiger partial charge on any atom is 0.417 e. The van der Waals surface area contributed by atoms with Crippen molar-refractivity contribution in [2.75, 3.05) is 12.5 Å². The van der Waals surface area contributed by atoms with E-state index in [0.29, 0.717) is 29.6 Å². The molecule has 2 heterocycles. The van der Waals surface area contributed by atoms with Gasteiger partial charge in [-0.2, -0.15) is 13.2 Å². The third-order valence-electron chi connectivity index (χ3n) is 9.44. The lowest BCUT2D eigenvalue weighted by Gasteiger charge is -2.52. The van der Waals surface area contributed by atoms with Crippen molar-refractivity contribution in [1.29, 1.82) is 0 Å². The lowest BCUT2D eigenvalue weighted by Crippen LogP contribution is -2.59. The second-order valence-corrected chi connectivity index (χ2v) is 17.6. The number of aliphatic hydroxyl groups is 1. The zero-order chi connectivity index (χ0) is 33.3. The van der Waals surface area contributed by atoms with E-state index in [2.05, 4.69) is 9.97 Å². The Bertz CT molecular complexity index is 1780. The summed E-state index contributed by atoms with van der Waals surface area (Å²) in [7, 11) is -7.74. The molecule has 7 nitrogen and oxygen atoms in total. The lowest BCUT2D eigenvalue weighted by molar-refractivity contribution is -0.299. The second-order valence-electron chi connectivity index (χ2n) is 13.7. The number of H-pyrrole nitrogens is 1. The Morgan fingerprint density at radius 3 is 2.25 bits per heavy atom. The van der Waals surface area contributed by atoms with E-state index < -0.39 is 71.3 Å². The van der Waals surface area contributed by atoms with E-state index in [1.807, 2.05) is 20.8 Å². The Labute approximate surface area is 256 Å². The fourth-order valence-corrected chi connectivity index (χ4v) is 8.89. The summed E-state index contributed by atoms with van der Waals surface area (Å²) in [6, 6.07) is 8.07. The molecule has 44 heavy (non-hydrogen) atoms. The largest absolute Gasteiger partial charge is 0.417 e. The van der Waals surface area contributed by atoms with E-state index in [9.17, 15) is 26.3 Å². The molecular weight excluding hydrogens is 620 g/mol. The average Bonchev–Trinajstić information content (AvgIpc) is 3.31. The first kappa shape index (κ1) is 34.4. The second kappa shape index (κ2) is 11.1. The maximum atomic E-state index is 15.2. The number of alkyl halides is 3. The van der Waals surface area contributed by atoms with Crippen molar-refractivity contribution in [2.45, 2.75) is 92.8 Å². The minimum absolute atomic E-state index is 0.0736. The first-order chi connectivity index (χ1) is 19.9. The van der Waals surface area contributed by atoms with Crippen LogP contribution in [0.25, 0.3) is 11.0 Å². The standard InChI is InChI=1S/C31H40F4N2O5S2/c1-18(2)19-13-14-29(5,25-15-24-23(36-25)11-12-26(37-24)43(6,39)40)16-21(19)30(38,31(33,34)35)17-28(3,4)20-9-8-10-22(32)27(20)44(7,41)42/h8-12,15,18-19,21,36,38H,13-14,16-17H2,1-7H3. The van der Waals surface area contributed by atoms with Gasteiger partial charge in [0.25, 0.3) is 0 Å². The molecule has 0 amide bonds. The molecule has 0 saturated heterocycles. The summed E-state index contributed by atoms with van der Waals surface area (Å²) < 4.78 is 110. The van der Waals surface area contributed by atoms with Gasteiger partial charge < -0.3 is 10.1 Å². The van der Waals surface area contributed by atoms with Crippen LogP contribution in [0.2, 0.25) is 0 Å². The highest BCUT2D eigenvalue weighted by Crippen LogP contribution is 2.57. The van der Waals surface area contributed by atoms with Gasteiger partial charge in [0.05, 0.1) is 11.0 Å². The summed E-state index contributed by atoms with van der Waals surface area (Å²) in [5.41, 5.74) is -4.41. The highest BCUT2D eigenvalue weighted by molar-refractivity contribution is 7.91. The first-order valence-electron chi connectivity index (χ1n) is 14.4. The van der Waals surface area contributed by atoms with Crippen LogP contribution >= 0.6 is 0 Å². The van der Waals surface area contributed by atoms with Crippen molar-refractivity contribution in [2.24, 2.45) is 17.8 Å². The van der Waals surface area contributed by atoms with Gasteiger partial charge in [0.15, 0.2) is 30.3 Å². The number of pyridine rings is 1. The molecule has 4 rings (SSSR count). The summed E-state index contributed by atoms with van der Waals surface area (Å²) in [6.07, 6.45) is -3.37. The normalized spacial score (nSPS) is 23.7. The van der Waals surface area contributed by atoms with Gasteiger partial charge in [-0.05, 0) is 72.8 Å². The fraction of sp³-hybridized carbons (Fsp3) is 0.581. The molecule has 3 aromatic rings. The maximum absolute atomic E-state index is 15.2. The summed E-state index contributed by atoms with van der Waals surface area (Å²) in [4.78, 5) is 6.77. The first-order valence-corrected chi connectivity index (χ1v) is 18.2. The van der Waals surface area contributed by atoms with Crippen LogP contribution in [0, 0.1) is 23.6 Å². The molecule has 244 valence electrons. The predicted octanol–water partition coefficient (Wildman–Crippen LogP) is 6.50. The molecule has 1 saturated carbocycles. The number of aromatic amines is 1. The summed E-state index contributed by atoms with van der Waals surface area (Å²) in [6.45, 7) is 8.23. The van der Waals surface area contributed by atoms with Crippen LogP contribution < -0.4 is 0 Å². The van der Waals surface area contributed by atoms with E-state index in [1.54, 1.807) is 12.1 Å². The molecule has 4 unspecified atom stereocenters. The Morgan fingerprint density at radius 2 is 1.70 bits per heavy atom. The molecule has 1 aliphatic rings. The molecule has 4 atom stereocenters. The van der Waals surface area contributed by atoms with Gasteiger partial charge in [0, 0.05) is 29.5 Å². The Hall–Kier alpha value is -2.51. The number of hydrogen-bond acceptors (Lipinski definition) is 6. The minimum atomic E-state index is -5.11. The Morgan fingerprint density at radius 1 is 1.07 bits per heavy atom. The van der Waals surface area contributed by atoms with Crippen LogP contribution in [-0.2, 0) is 30.5 Å². The van der Waals surface area contributed by atoms with Gasteiger partial charge in [-0.25, -0.2) is 26.2 Å². The number of nitrogens with zero attached hydrogens (tertiary/aromatic N) is 1. The number of hydrogen-bond donors (Lipinski definition) is 2. The highest BCUT2D eigenvalue weighted by atomic mass is 32.2. The van der Waals surface area contributed by atoms with E-state index in [0.717, 1.165) is 18.6 Å². The Kier molecular flexibility index (Phi) is 8.65. The molecule has 13 heteroatoms. The van der Waals surface area contributed by atoms with Crippen LogP contribution in [0.15, 0.2) is 46.3 Å². The predicted molar refractivity (Wildman–Crippen MR) is 160 cm³/mol. The topological polar surface area (TPSA) is 117 Å². The zero-order valence-electron chi connectivity index (χ0n) is 25.9. The van der Waals surface area contributed by atoms with Crippen molar-refractivity contribution < 1.29 is 39.5 Å². The summed E-state index contributed by atoms with van der Waals surface area (Å²) in [5, 5.41) is 11.8. The number of nitrogens with one attached hydrogen (secondary N) is 1. The van der Waals surface area contributed by atoms with Gasteiger partial charge in [-0.3, -0.25) is 0 Å². The van der Waals surface area contributed by atoms with Crippen LogP contribution in [0.4, 0.5) is 17.6 Å². The number of aromatic nitrogens is 2. The summed E-state index contributed by atoms with van der Waals surface area (Å²) in [5.74, 6) is -3.12. The molecule has 0 spiro atoms. The smallest absolute Gasteiger partial charge is 0.380 e. The highest BCUT2D eigenvalue weighted by Gasteiger charge is 2.64. The van der Waals surface area contributed by atoms with Crippen LogP contribution in [0.3, 0.4) is 0 Å². The van der Waals surface area contributed by atoms with Gasteiger partial charge in [0.2, 0.25) is 0 Å². The molecule has 0 radical (unpaired) electrons. The third-order valence-corrected chi connectivity index (χ3v) is 11.6. The molecule has 2 N–H and O–H groups in total. The third kappa shape index (κ3) is 6.28. The average molecular weight is 661 g/mol. The van der Waals surface area contributed by atoms with Gasteiger partial charge in [-0.1, -0.05) is 46.8 Å². The minimum Gasteiger partial charge on any atom is -0.380 e. The molecule has 2 aromatic heterocycles. The van der Waals surface area contributed by atoms with Gasteiger partial charge >= 0.3 is 6.18 Å². The van der Waals surface area contributed by atoms with Crippen molar-refractivity contribution in [3.63, 3.8) is 0 Å². The van der Waals surface area contributed by atoms with E-state index in [-0.39, 0.29) is 22.9 Å². The van der Waals surface area contributed by atoms with Crippen molar-refractivity contribution in [1.82, 2.24) is 9.97 Å². The molecule has 0 bridgehead atoms. The SMILES string of the molecule is CC(C)C1CCC(C)(c2cc3nc(S(C)(=O)=O)ccc3[nH]2)CC1C(O)(CC(C)(C)c1cccc(F)c1S(C)(=O)=O)C(F)(F)F. The molecule has 1 fully saturated rings. The monoisotopic (exact) mass is 660 g/mol. The van der Waals surface area contributed by atoms with Gasteiger partial charge in [0.1, 0.15) is 10.7 Å². The van der Waals surface area contributed by atoms with Crippen LogP contribution in [0.1, 0.15) is 71.6 Å². The van der Waals surface area contributed by atoms with Crippen molar-refractivity contribution >= 4 is 30.7 Å². The van der Waals surface area contributed by atoms with Crippen molar-refractivity contribution in [3.8, 4) is 0 Å². The fourth-order valence-electron chi connectivity index (χ4n) is 7.14. The molecule has 0 aliphatic heterocycles. The molecular formula is C31H40F4N2O5S2. The summed E-state index contributed by atoms with van der Waals surface area (Å²) >= 11 is 0. The number of rotatable bonds is 8. The molecule has 1 aliphatic carbocycles. The number of sulfone groups is 2. The lowest BCUT2D eigenvalue weighted by atomic mass is 9.55. The van der Waals surface area contributed by atoms with E-state index in [1.165, 1.54) is 32.0 Å². The van der Waals surface area contributed by atoms with Crippen LogP contribution in [-0.4, -0.2) is 56.2 Å². The van der Waals surface area contributed by atoms with Crippen LogP contribution in [0.5, 0.6) is 0 Å². The van der Waals surface area contributed by atoms with Gasteiger partial charge in [-0.15, -0.1) is 0 Å². The number of fused-ring (bicyclic) bond motifs is 1. The molecule has 1 aromatic carbocycles.